The number of thiazole rings is 1. The molecule has 5 heteroatoms. The van der Waals surface area contributed by atoms with Gasteiger partial charge >= 0.3 is 0 Å². The molecule has 2 aliphatic heterocycles. The molecule has 0 saturated carbocycles. The summed E-state index contributed by atoms with van der Waals surface area (Å²) in [6.45, 7) is 6.27. The van der Waals surface area contributed by atoms with Crippen molar-refractivity contribution in [1.29, 1.82) is 0 Å². The second kappa shape index (κ2) is 6.34. The van der Waals surface area contributed by atoms with Gasteiger partial charge in [-0.05, 0) is 44.4 Å². The SMILES string of the molecule is CCNC(c1scnc1C)C1CCOC2(CCSC2)C1. The Bertz CT molecular complexity index is 443. The minimum Gasteiger partial charge on any atom is -0.374 e. The Labute approximate surface area is 129 Å². The van der Waals surface area contributed by atoms with Crippen molar-refractivity contribution < 1.29 is 4.74 Å². The third-order valence-corrected chi connectivity index (χ3v) is 6.80. The number of aromatic nitrogens is 1. The van der Waals surface area contributed by atoms with E-state index in [0.29, 0.717) is 12.0 Å². The molecule has 0 radical (unpaired) electrons. The first kappa shape index (κ1) is 14.8. The Kier molecular flexibility index (Phi) is 4.70. The van der Waals surface area contributed by atoms with E-state index in [4.69, 9.17) is 4.74 Å². The molecule has 0 aliphatic carbocycles. The number of nitrogens with zero attached hydrogens (tertiary/aromatic N) is 1. The molecule has 3 heterocycles. The second-order valence-electron chi connectivity index (χ2n) is 5.92. The van der Waals surface area contributed by atoms with E-state index < -0.39 is 0 Å². The lowest BCUT2D eigenvalue weighted by Crippen LogP contribution is -2.43. The van der Waals surface area contributed by atoms with E-state index in [1.54, 1.807) is 11.3 Å². The molecule has 1 N–H and O–H groups in total. The first-order valence-electron chi connectivity index (χ1n) is 7.59. The largest absolute Gasteiger partial charge is 0.374 e. The van der Waals surface area contributed by atoms with Gasteiger partial charge in [0.05, 0.1) is 16.8 Å². The second-order valence-corrected chi connectivity index (χ2v) is 7.92. The van der Waals surface area contributed by atoms with Gasteiger partial charge in [0.25, 0.3) is 0 Å². The third kappa shape index (κ3) is 2.91. The number of hydrogen-bond donors (Lipinski definition) is 1. The Morgan fingerprint density at radius 1 is 1.60 bits per heavy atom. The fourth-order valence-electron chi connectivity index (χ4n) is 3.52. The maximum atomic E-state index is 6.17. The molecule has 112 valence electrons. The topological polar surface area (TPSA) is 34.2 Å². The van der Waals surface area contributed by atoms with Gasteiger partial charge in [0.2, 0.25) is 0 Å². The minimum atomic E-state index is 0.167. The van der Waals surface area contributed by atoms with Crippen LogP contribution < -0.4 is 5.32 Å². The average molecular weight is 313 g/mol. The van der Waals surface area contributed by atoms with Gasteiger partial charge in [-0.25, -0.2) is 4.98 Å². The summed E-state index contributed by atoms with van der Waals surface area (Å²) in [6, 6.07) is 0.457. The zero-order valence-corrected chi connectivity index (χ0v) is 14.0. The van der Waals surface area contributed by atoms with Crippen molar-refractivity contribution in [3.05, 3.63) is 16.1 Å². The quantitative estimate of drug-likeness (QED) is 0.924. The van der Waals surface area contributed by atoms with E-state index in [0.717, 1.165) is 13.2 Å². The number of ether oxygens (including phenoxy) is 1. The monoisotopic (exact) mass is 312 g/mol. The summed E-state index contributed by atoms with van der Waals surface area (Å²) < 4.78 is 6.17. The summed E-state index contributed by atoms with van der Waals surface area (Å²) in [5, 5.41) is 3.71. The van der Waals surface area contributed by atoms with Gasteiger partial charge < -0.3 is 10.1 Å². The lowest BCUT2D eigenvalue weighted by atomic mass is 9.80. The summed E-state index contributed by atoms with van der Waals surface area (Å²) >= 11 is 3.85. The molecule has 3 rings (SSSR count). The number of rotatable bonds is 4. The highest BCUT2D eigenvalue weighted by Crippen LogP contribution is 2.44. The predicted octanol–water partition coefficient (Wildman–Crippen LogP) is 3.40. The van der Waals surface area contributed by atoms with Crippen LogP contribution >= 0.6 is 23.1 Å². The summed E-state index contributed by atoms with van der Waals surface area (Å²) in [6.07, 6.45) is 3.60. The van der Waals surface area contributed by atoms with Crippen molar-refractivity contribution >= 4 is 23.1 Å². The van der Waals surface area contributed by atoms with E-state index in [9.17, 15) is 0 Å². The van der Waals surface area contributed by atoms with Crippen LogP contribution in [0.5, 0.6) is 0 Å². The van der Waals surface area contributed by atoms with E-state index >= 15 is 0 Å². The van der Waals surface area contributed by atoms with Crippen molar-refractivity contribution in [2.75, 3.05) is 24.7 Å². The van der Waals surface area contributed by atoms with Gasteiger partial charge in [0.1, 0.15) is 0 Å². The number of nitrogens with one attached hydrogen (secondary N) is 1. The molecule has 20 heavy (non-hydrogen) atoms. The number of aryl methyl sites for hydroxylation is 1. The zero-order valence-electron chi connectivity index (χ0n) is 12.4. The molecule has 3 nitrogen and oxygen atoms in total. The maximum Gasteiger partial charge on any atom is 0.0798 e. The lowest BCUT2D eigenvalue weighted by molar-refractivity contribution is -0.0852. The standard InChI is InChI=1S/C15H24N2OS2/c1-3-16-13(14-11(2)17-10-20-14)12-4-6-18-15(8-12)5-7-19-9-15/h10,12-13,16H,3-9H2,1-2H3. The molecule has 3 unspecified atom stereocenters. The van der Waals surface area contributed by atoms with Gasteiger partial charge in [0, 0.05) is 23.3 Å². The predicted molar refractivity (Wildman–Crippen MR) is 86.6 cm³/mol. The molecule has 2 saturated heterocycles. The molecule has 1 aromatic rings. The summed E-state index contributed by atoms with van der Waals surface area (Å²) in [4.78, 5) is 5.88. The van der Waals surface area contributed by atoms with E-state index in [2.05, 4.69) is 35.9 Å². The third-order valence-electron chi connectivity index (χ3n) is 4.56. The minimum absolute atomic E-state index is 0.167. The molecule has 0 amide bonds. The molecule has 0 bridgehead atoms. The highest BCUT2D eigenvalue weighted by molar-refractivity contribution is 7.99. The molecular formula is C15H24N2OS2. The van der Waals surface area contributed by atoms with Gasteiger partial charge in [-0.2, -0.15) is 11.8 Å². The molecule has 0 aromatic carbocycles. The first-order chi connectivity index (χ1) is 9.74. The molecule has 1 spiro atoms. The van der Waals surface area contributed by atoms with Gasteiger partial charge in [-0.15, -0.1) is 11.3 Å². The van der Waals surface area contributed by atoms with Crippen molar-refractivity contribution in [2.45, 2.75) is 44.8 Å². The zero-order chi connectivity index (χ0) is 14.0. The molecule has 3 atom stereocenters. The van der Waals surface area contributed by atoms with Gasteiger partial charge in [-0.1, -0.05) is 6.92 Å². The van der Waals surface area contributed by atoms with Crippen LogP contribution in [-0.2, 0) is 4.74 Å². The van der Waals surface area contributed by atoms with Crippen LogP contribution in [0.3, 0.4) is 0 Å². The summed E-state index contributed by atoms with van der Waals surface area (Å²) in [5.41, 5.74) is 3.34. The Hall–Kier alpha value is -0.100. The van der Waals surface area contributed by atoms with Crippen LogP contribution in [-0.4, -0.2) is 35.2 Å². The van der Waals surface area contributed by atoms with E-state index in [1.165, 1.54) is 41.3 Å². The normalized spacial score (nSPS) is 31.8. The Balaban J connectivity index is 1.79. The van der Waals surface area contributed by atoms with Crippen molar-refractivity contribution in [2.24, 2.45) is 5.92 Å². The van der Waals surface area contributed by atoms with Crippen LogP contribution in [0.2, 0.25) is 0 Å². The molecule has 2 aliphatic rings. The average Bonchev–Trinajstić information content (AvgIpc) is 3.06. The van der Waals surface area contributed by atoms with Crippen LogP contribution in [0.4, 0.5) is 0 Å². The van der Waals surface area contributed by atoms with Crippen molar-refractivity contribution in [3.8, 4) is 0 Å². The highest BCUT2D eigenvalue weighted by atomic mass is 32.2. The van der Waals surface area contributed by atoms with Crippen LogP contribution in [0.25, 0.3) is 0 Å². The Morgan fingerprint density at radius 3 is 3.15 bits per heavy atom. The smallest absolute Gasteiger partial charge is 0.0798 e. The van der Waals surface area contributed by atoms with Crippen LogP contribution in [0.1, 0.15) is 42.8 Å². The van der Waals surface area contributed by atoms with Gasteiger partial charge in [0.15, 0.2) is 0 Å². The lowest BCUT2D eigenvalue weighted by Gasteiger charge is -2.41. The number of hydrogen-bond acceptors (Lipinski definition) is 5. The van der Waals surface area contributed by atoms with E-state index in [1.807, 2.05) is 5.51 Å². The van der Waals surface area contributed by atoms with Crippen LogP contribution in [0.15, 0.2) is 5.51 Å². The molecule has 1 aromatic heterocycles. The van der Waals surface area contributed by atoms with Crippen molar-refractivity contribution in [1.82, 2.24) is 10.3 Å². The molecule has 2 fully saturated rings. The van der Waals surface area contributed by atoms with Crippen LogP contribution in [0, 0.1) is 12.8 Å². The first-order valence-corrected chi connectivity index (χ1v) is 9.62. The van der Waals surface area contributed by atoms with Gasteiger partial charge in [-0.3, -0.25) is 0 Å². The summed E-state index contributed by atoms with van der Waals surface area (Å²) in [7, 11) is 0. The highest BCUT2D eigenvalue weighted by Gasteiger charge is 2.43. The fraction of sp³-hybridized carbons (Fsp3) is 0.800. The fourth-order valence-corrected chi connectivity index (χ4v) is 5.86. The Morgan fingerprint density at radius 2 is 2.50 bits per heavy atom. The summed E-state index contributed by atoms with van der Waals surface area (Å²) in [5.74, 6) is 3.13. The van der Waals surface area contributed by atoms with Crippen molar-refractivity contribution in [3.63, 3.8) is 0 Å². The maximum absolute atomic E-state index is 6.17. The van der Waals surface area contributed by atoms with E-state index in [-0.39, 0.29) is 5.60 Å². The molecular weight excluding hydrogens is 288 g/mol. The number of thioether (sulfide) groups is 1.